The first-order chi connectivity index (χ1) is 7.94. The molecule has 0 fully saturated rings. The van der Waals surface area contributed by atoms with Crippen LogP contribution in [0.15, 0.2) is 22.7 Å². The van der Waals surface area contributed by atoms with Crippen molar-refractivity contribution >= 4 is 15.9 Å². The molecule has 0 saturated carbocycles. The minimum absolute atomic E-state index is 0.128. The minimum atomic E-state index is -0.128. The van der Waals surface area contributed by atoms with Crippen LogP contribution in [0, 0.1) is 0 Å². The summed E-state index contributed by atoms with van der Waals surface area (Å²) in [5.74, 6) is 0.819. The second-order valence-electron chi connectivity index (χ2n) is 4.73. The molecule has 1 aromatic carbocycles. The Morgan fingerprint density at radius 2 is 1.94 bits per heavy atom. The van der Waals surface area contributed by atoms with Crippen molar-refractivity contribution in [3.63, 3.8) is 0 Å². The zero-order valence-corrected chi connectivity index (χ0v) is 12.2. The Bertz CT molecular complexity index is 361. The van der Waals surface area contributed by atoms with E-state index in [2.05, 4.69) is 15.9 Å². The number of ether oxygens (including phenoxy) is 2. The molecule has 0 saturated heterocycles. The fourth-order valence-electron chi connectivity index (χ4n) is 1.37. The lowest BCUT2D eigenvalue weighted by atomic mass is 10.2. The zero-order chi connectivity index (χ0) is 12.9. The molecule has 17 heavy (non-hydrogen) atoms. The monoisotopic (exact) mass is 301 g/mol. The van der Waals surface area contributed by atoms with Gasteiger partial charge in [-0.25, -0.2) is 0 Å². The van der Waals surface area contributed by atoms with E-state index in [1.54, 1.807) is 0 Å². The van der Waals surface area contributed by atoms with Crippen molar-refractivity contribution in [2.75, 3.05) is 13.2 Å². The summed E-state index contributed by atoms with van der Waals surface area (Å²) in [7, 11) is 0. The van der Waals surface area contributed by atoms with Crippen LogP contribution in [0.3, 0.4) is 0 Å². The van der Waals surface area contributed by atoms with E-state index >= 15 is 0 Å². The molecule has 0 aliphatic rings. The van der Waals surface area contributed by atoms with Crippen molar-refractivity contribution in [1.82, 2.24) is 0 Å². The van der Waals surface area contributed by atoms with Crippen LogP contribution in [0.1, 0.15) is 26.3 Å². The maximum Gasteiger partial charge on any atom is 0.125 e. The van der Waals surface area contributed by atoms with E-state index in [0.29, 0.717) is 19.8 Å². The van der Waals surface area contributed by atoms with E-state index in [-0.39, 0.29) is 5.60 Å². The Labute approximate surface area is 111 Å². The van der Waals surface area contributed by atoms with E-state index < -0.39 is 0 Å². The van der Waals surface area contributed by atoms with Gasteiger partial charge in [-0.2, -0.15) is 0 Å². The Kier molecular flexibility index (Phi) is 5.43. The molecule has 1 rings (SSSR count). The van der Waals surface area contributed by atoms with Crippen molar-refractivity contribution in [3.05, 3.63) is 28.2 Å². The Balaban J connectivity index is 2.49. The van der Waals surface area contributed by atoms with Gasteiger partial charge in [0, 0.05) is 16.6 Å². The van der Waals surface area contributed by atoms with Crippen molar-refractivity contribution in [2.24, 2.45) is 5.73 Å². The predicted octanol–water partition coefficient (Wildman–Crippen LogP) is 3.10. The van der Waals surface area contributed by atoms with Gasteiger partial charge in [0.05, 0.1) is 12.2 Å². The van der Waals surface area contributed by atoms with Gasteiger partial charge in [0.2, 0.25) is 0 Å². The highest BCUT2D eigenvalue weighted by atomic mass is 79.9. The third-order valence-electron chi connectivity index (χ3n) is 2.16. The summed E-state index contributed by atoms with van der Waals surface area (Å²) in [5, 5.41) is 0. The molecule has 0 heterocycles. The van der Waals surface area contributed by atoms with Crippen LogP contribution in [0.25, 0.3) is 0 Å². The van der Waals surface area contributed by atoms with Gasteiger partial charge in [-0.15, -0.1) is 0 Å². The third-order valence-corrected chi connectivity index (χ3v) is 2.90. The molecule has 3 nitrogen and oxygen atoms in total. The van der Waals surface area contributed by atoms with Gasteiger partial charge in [-0.05, 0) is 32.9 Å². The van der Waals surface area contributed by atoms with Crippen LogP contribution in [0.5, 0.6) is 5.75 Å². The summed E-state index contributed by atoms with van der Waals surface area (Å²) < 4.78 is 12.2. The molecule has 0 aliphatic heterocycles. The molecule has 0 atom stereocenters. The molecule has 0 radical (unpaired) electrons. The first-order valence-corrected chi connectivity index (χ1v) is 6.47. The molecule has 0 unspecified atom stereocenters. The minimum Gasteiger partial charge on any atom is -0.491 e. The molecule has 0 spiro atoms. The molecule has 0 aromatic heterocycles. The maximum absolute atomic E-state index is 5.68. The highest BCUT2D eigenvalue weighted by molar-refractivity contribution is 9.10. The Hall–Kier alpha value is -0.580. The maximum atomic E-state index is 5.68. The standard InChI is InChI=1S/C13H20BrNO2/c1-13(2,3)17-8-7-16-12-6-4-5-11(14)10(12)9-15/h4-6H,7-9,15H2,1-3H3. The largest absolute Gasteiger partial charge is 0.491 e. The number of nitrogens with two attached hydrogens (primary N) is 1. The first kappa shape index (κ1) is 14.5. The van der Waals surface area contributed by atoms with Crippen LogP contribution < -0.4 is 10.5 Å². The van der Waals surface area contributed by atoms with E-state index in [9.17, 15) is 0 Å². The molecule has 96 valence electrons. The molecule has 0 aliphatic carbocycles. The van der Waals surface area contributed by atoms with Crippen LogP contribution in [0.4, 0.5) is 0 Å². The van der Waals surface area contributed by atoms with E-state index in [1.165, 1.54) is 0 Å². The summed E-state index contributed by atoms with van der Waals surface area (Å²) >= 11 is 3.46. The third kappa shape index (κ3) is 5.06. The van der Waals surface area contributed by atoms with E-state index in [4.69, 9.17) is 15.2 Å². The normalized spacial score (nSPS) is 11.6. The molecular formula is C13H20BrNO2. The molecule has 0 bridgehead atoms. The number of halogens is 1. The van der Waals surface area contributed by atoms with Gasteiger partial charge < -0.3 is 15.2 Å². The van der Waals surface area contributed by atoms with Gasteiger partial charge in [0.1, 0.15) is 12.4 Å². The molecule has 1 aromatic rings. The number of hydrogen-bond acceptors (Lipinski definition) is 3. The van der Waals surface area contributed by atoms with Crippen molar-refractivity contribution in [3.8, 4) is 5.75 Å². The smallest absolute Gasteiger partial charge is 0.125 e. The molecule has 2 N–H and O–H groups in total. The van der Waals surface area contributed by atoms with Crippen LogP contribution in [-0.4, -0.2) is 18.8 Å². The molecule has 0 amide bonds. The SMILES string of the molecule is CC(C)(C)OCCOc1cccc(Br)c1CN. The van der Waals surface area contributed by atoms with Gasteiger partial charge in [0.25, 0.3) is 0 Å². The summed E-state index contributed by atoms with van der Waals surface area (Å²) in [6.07, 6.45) is 0. The van der Waals surface area contributed by atoms with Crippen molar-refractivity contribution in [2.45, 2.75) is 32.9 Å². The second kappa shape index (κ2) is 6.38. The highest BCUT2D eigenvalue weighted by Gasteiger charge is 2.10. The van der Waals surface area contributed by atoms with Crippen molar-refractivity contribution < 1.29 is 9.47 Å². The van der Waals surface area contributed by atoms with Crippen LogP contribution in [0.2, 0.25) is 0 Å². The Morgan fingerprint density at radius 1 is 1.24 bits per heavy atom. The van der Waals surface area contributed by atoms with Crippen LogP contribution >= 0.6 is 15.9 Å². The van der Waals surface area contributed by atoms with Crippen LogP contribution in [-0.2, 0) is 11.3 Å². The van der Waals surface area contributed by atoms with E-state index in [0.717, 1.165) is 15.8 Å². The van der Waals surface area contributed by atoms with E-state index in [1.807, 2.05) is 39.0 Å². The lowest BCUT2D eigenvalue weighted by Gasteiger charge is -2.20. The first-order valence-electron chi connectivity index (χ1n) is 5.68. The number of hydrogen-bond donors (Lipinski definition) is 1. The number of rotatable bonds is 5. The topological polar surface area (TPSA) is 44.5 Å². The van der Waals surface area contributed by atoms with Gasteiger partial charge >= 0.3 is 0 Å². The van der Waals surface area contributed by atoms with Crippen molar-refractivity contribution in [1.29, 1.82) is 0 Å². The van der Waals surface area contributed by atoms with Gasteiger partial charge in [-0.1, -0.05) is 22.0 Å². The zero-order valence-electron chi connectivity index (χ0n) is 10.6. The lowest BCUT2D eigenvalue weighted by Crippen LogP contribution is -2.22. The Morgan fingerprint density at radius 3 is 2.53 bits per heavy atom. The molecule has 4 heteroatoms. The summed E-state index contributed by atoms with van der Waals surface area (Å²) in [6, 6.07) is 5.81. The lowest BCUT2D eigenvalue weighted by molar-refractivity contribution is -0.0164. The average molecular weight is 302 g/mol. The second-order valence-corrected chi connectivity index (χ2v) is 5.58. The molecular weight excluding hydrogens is 282 g/mol. The highest BCUT2D eigenvalue weighted by Crippen LogP contribution is 2.26. The fourth-order valence-corrected chi connectivity index (χ4v) is 1.88. The van der Waals surface area contributed by atoms with Gasteiger partial charge in [-0.3, -0.25) is 0 Å². The summed E-state index contributed by atoms with van der Waals surface area (Å²) in [4.78, 5) is 0. The fraction of sp³-hybridized carbons (Fsp3) is 0.538. The summed E-state index contributed by atoms with van der Waals surface area (Å²) in [6.45, 7) is 7.63. The van der Waals surface area contributed by atoms with Gasteiger partial charge in [0.15, 0.2) is 0 Å². The average Bonchev–Trinajstić information content (AvgIpc) is 2.23. The quantitative estimate of drug-likeness (QED) is 0.850. The summed E-state index contributed by atoms with van der Waals surface area (Å²) in [5.41, 5.74) is 6.55. The predicted molar refractivity (Wildman–Crippen MR) is 73.2 cm³/mol. The number of benzene rings is 1.